The predicted molar refractivity (Wildman–Crippen MR) is 145 cm³/mol. The summed E-state index contributed by atoms with van der Waals surface area (Å²) in [4.78, 5) is 26.6. The van der Waals surface area contributed by atoms with Gasteiger partial charge in [-0.25, -0.2) is 9.07 Å². The lowest BCUT2D eigenvalue weighted by atomic mass is 10.1. The van der Waals surface area contributed by atoms with E-state index in [1.165, 1.54) is 29.5 Å². The Hall–Kier alpha value is -4.30. The van der Waals surface area contributed by atoms with Gasteiger partial charge in [0.1, 0.15) is 16.3 Å². The number of aromatic nitrogens is 2. The van der Waals surface area contributed by atoms with E-state index in [1.807, 2.05) is 72.3 Å². The third-order valence-corrected chi connectivity index (χ3v) is 7.03. The van der Waals surface area contributed by atoms with Gasteiger partial charge >= 0.3 is 0 Å². The lowest BCUT2D eigenvalue weighted by Gasteiger charge is -2.06. The number of thiophene rings is 1. The first-order valence-corrected chi connectivity index (χ1v) is 12.8. The maximum absolute atomic E-state index is 13.3. The van der Waals surface area contributed by atoms with Crippen LogP contribution >= 0.6 is 11.3 Å². The average Bonchev–Trinajstić information content (AvgIpc) is 3.49. The minimum absolute atomic E-state index is 0.174. The van der Waals surface area contributed by atoms with Gasteiger partial charge in [-0.15, -0.1) is 11.3 Å². The molecule has 0 aliphatic rings. The van der Waals surface area contributed by atoms with Crippen LogP contribution in [0.2, 0.25) is 0 Å². The summed E-state index contributed by atoms with van der Waals surface area (Å²) in [5.41, 5.74) is 4.17. The number of amides is 2. The molecule has 0 spiro atoms. The Morgan fingerprint density at radius 3 is 2.35 bits per heavy atom. The first kappa shape index (κ1) is 24.4. The van der Waals surface area contributed by atoms with Crippen molar-refractivity contribution >= 4 is 33.4 Å². The van der Waals surface area contributed by atoms with Gasteiger partial charge < -0.3 is 10.6 Å². The van der Waals surface area contributed by atoms with E-state index in [9.17, 15) is 14.0 Å². The molecule has 8 heteroatoms. The van der Waals surface area contributed by atoms with Crippen LogP contribution in [0.25, 0.3) is 27.2 Å². The number of hydrogen-bond acceptors (Lipinski definition) is 4. The Labute approximate surface area is 217 Å². The van der Waals surface area contributed by atoms with Crippen molar-refractivity contribution in [3.63, 3.8) is 0 Å². The molecule has 0 aliphatic heterocycles. The van der Waals surface area contributed by atoms with Crippen LogP contribution in [0.3, 0.4) is 0 Å². The van der Waals surface area contributed by atoms with Crippen LogP contribution in [0.15, 0.2) is 84.9 Å². The molecular formula is C29H25FN4O2S. The zero-order chi connectivity index (χ0) is 25.8. The molecule has 0 aliphatic carbocycles. The molecule has 6 nitrogen and oxygen atoms in total. The van der Waals surface area contributed by atoms with Gasteiger partial charge in [0.15, 0.2) is 0 Å². The Kier molecular flexibility index (Phi) is 7.09. The fraction of sp³-hybridized carbons (Fsp3) is 0.138. The number of hydrogen-bond donors (Lipinski definition) is 2. The van der Waals surface area contributed by atoms with E-state index in [2.05, 4.69) is 10.6 Å². The lowest BCUT2D eigenvalue weighted by molar-refractivity contribution is 0.0952. The van der Waals surface area contributed by atoms with Crippen LogP contribution < -0.4 is 10.6 Å². The lowest BCUT2D eigenvalue weighted by Crippen LogP contribution is -2.29. The first-order valence-electron chi connectivity index (χ1n) is 12.0. The second-order valence-electron chi connectivity index (χ2n) is 8.67. The van der Waals surface area contributed by atoms with Crippen LogP contribution in [0, 0.1) is 12.7 Å². The van der Waals surface area contributed by atoms with Crippen molar-refractivity contribution in [2.24, 2.45) is 0 Å². The molecule has 5 rings (SSSR count). The largest absolute Gasteiger partial charge is 0.352 e. The highest BCUT2D eigenvalue weighted by molar-refractivity contribution is 7.20. The minimum atomic E-state index is -0.454. The molecule has 2 N–H and O–H groups in total. The molecule has 0 saturated heterocycles. The standard InChI is InChI=1S/C29H25FN4O2S/c1-19-11-13-23(14-12-19)34-29-24(26(33-34)20-7-3-2-4-8-20)18-25(37-29)28(36)32-16-6-15-31-27(35)21-9-5-10-22(30)17-21/h2-5,7-14,17-18H,6,15-16H2,1H3,(H,31,35)(H,32,36). The molecule has 5 aromatic rings. The molecule has 0 fully saturated rings. The Balaban J connectivity index is 1.29. The van der Waals surface area contributed by atoms with E-state index in [4.69, 9.17) is 5.10 Å². The summed E-state index contributed by atoms with van der Waals surface area (Å²) in [5, 5.41) is 11.5. The third kappa shape index (κ3) is 5.44. The zero-order valence-corrected chi connectivity index (χ0v) is 21.0. The number of carbonyl (C=O) groups is 2. The maximum Gasteiger partial charge on any atom is 0.261 e. The van der Waals surface area contributed by atoms with Crippen molar-refractivity contribution < 1.29 is 14.0 Å². The summed E-state index contributed by atoms with van der Waals surface area (Å²) >= 11 is 1.40. The van der Waals surface area contributed by atoms with Crippen molar-refractivity contribution in [3.8, 4) is 16.9 Å². The summed E-state index contributed by atoms with van der Waals surface area (Å²) in [7, 11) is 0. The SMILES string of the molecule is Cc1ccc(-n2nc(-c3ccccc3)c3cc(C(=O)NCCCNC(=O)c4cccc(F)c4)sc32)cc1. The molecule has 3 aromatic carbocycles. The molecule has 37 heavy (non-hydrogen) atoms. The third-order valence-electron chi connectivity index (χ3n) is 5.92. The molecule has 2 heterocycles. The van der Waals surface area contributed by atoms with Gasteiger partial charge in [0, 0.05) is 29.6 Å². The number of nitrogens with one attached hydrogen (secondary N) is 2. The normalized spacial score (nSPS) is 11.0. The van der Waals surface area contributed by atoms with Gasteiger partial charge in [-0.2, -0.15) is 5.10 Å². The van der Waals surface area contributed by atoms with Crippen LogP contribution in [0.4, 0.5) is 4.39 Å². The number of carbonyl (C=O) groups excluding carboxylic acids is 2. The number of nitrogens with zero attached hydrogens (tertiary/aromatic N) is 2. The van der Waals surface area contributed by atoms with Gasteiger partial charge in [0.2, 0.25) is 0 Å². The van der Waals surface area contributed by atoms with Gasteiger partial charge in [0.25, 0.3) is 11.8 Å². The monoisotopic (exact) mass is 512 g/mol. The summed E-state index contributed by atoms with van der Waals surface area (Å²) in [6, 6.07) is 25.5. The summed E-state index contributed by atoms with van der Waals surface area (Å²) in [6.45, 7) is 2.80. The van der Waals surface area contributed by atoms with Gasteiger partial charge in [0.05, 0.1) is 10.6 Å². The molecule has 2 amide bonds. The van der Waals surface area contributed by atoms with Crippen molar-refractivity contribution in [1.29, 1.82) is 0 Å². The van der Waals surface area contributed by atoms with E-state index in [-0.39, 0.29) is 17.4 Å². The summed E-state index contributed by atoms with van der Waals surface area (Å²) in [5.74, 6) is -0.972. The first-order chi connectivity index (χ1) is 18.0. The van der Waals surface area contributed by atoms with Crippen LogP contribution in [-0.4, -0.2) is 34.7 Å². The minimum Gasteiger partial charge on any atom is -0.352 e. The number of aryl methyl sites for hydroxylation is 1. The Morgan fingerprint density at radius 1 is 0.892 bits per heavy atom. The van der Waals surface area contributed by atoms with Crippen LogP contribution in [0.5, 0.6) is 0 Å². The Bertz CT molecular complexity index is 1560. The average molecular weight is 513 g/mol. The molecule has 186 valence electrons. The predicted octanol–water partition coefficient (Wildman–Crippen LogP) is 5.75. The molecule has 0 bridgehead atoms. The Morgan fingerprint density at radius 2 is 1.62 bits per heavy atom. The number of rotatable bonds is 8. The number of halogens is 1. The quantitative estimate of drug-likeness (QED) is 0.260. The summed E-state index contributed by atoms with van der Waals surface area (Å²) in [6.07, 6.45) is 0.546. The van der Waals surface area contributed by atoms with Gasteiger partial charge in [-0.3, -0.25) is 9.59 Å². The highest BCUT2D eigenvalue weighted by atomic mass is 32.1. The van der Waals surface area contributed by atoms with E-state index in [0.29, 0.717) is 24.4 Å². The van der Waals surface area contributed by atoms with Crippen LogP contribution in [0.1, 0.15) is 32.0 Å². The summed E-state index contributed by atoms with van der Waals surface area (Å²) < 4.78 is 15.2. The fourth-order valence-corrected chi connectivity index (χ4v) is 5.05. The molecule has 2 aromatic heterocycles. The molecule has 0 unspecified atom stereocenters. The molecule has 0 saturated carbocycles. The van der Waals surface area contributed by atoms with E-state index in [1.54, 1.807) is 6.07 Å². The van der Waals surface area contributed by atoms with Crippen molar-refractivity contribution in [2.45, 2.75) is 13.3 Å². The highest BCUT2D eigenvalue weighted by Crippen LogP contribution is 2.35. The van der Waals surface area contributed by atoms with Crippen molar-refractivity contribution in [2.75, 3.05) is 13.1 Å². The molecule has 0 radical (unpaired) electrons. The van der Waals surface area contributed by atoms with E-state index in [0.717, 1.165) is 32.7 Å². The second-order valence-corrected chi connectivity index (χ2v) is 9.70. The fourth-order valence-electron chi connectivity index (χ4n) is 4.00. The number of benzene rings is 3. The second kappa shape index (κ2) is 10.8. The molecule has 0 atom stereocenters. The highest BCUT2D eigenvalue weighted by Gasteiger charge is 2.20. The van der Waals surface area contributed by atoms with E-state index < -0.39 is 5.82 Å². The molecular weight excluding hydrogens is 487 g/mol. The van der Waals surface area contributed by atoms with Crippen molar-refractivity contribution in [3.05, 3.63) is 107 Å². The zero-order valence-electron chi connectivity index (χ0n) is 20.2. The van der Waals surface area contributed by atoms with Crippen LogP contribution in [-0.2, 0) is 0 Å². The van der Waals surface area contributed by atoms with Gasteiger partial charge in [-0.1, -0.05) is 54.1 Å². The van der Waals surface area contributed by atoms with Crippen molar-refractivity contribution in [1.82, 2.24) is 20.4 Å². The number of fused-ring (bicyclic) bond motifs is 1. The van der Waals surface area contributed by atoms with Gasteiger partial charge in [-0.05, 0) is 49.7 Å². The van der Waals surface area contributed by atoms with E-state index >= 15 is 0 Å². The smallest absolute Gasteiger partial charge is 0.261 e. The maximum atomic E-state index is 13.3. The topological polar surface area (TPSA) is 76.0 Å².